The van der Waals surface area contributed by atoms with Crippen molar-refractivity contribution >= 4 is 17.7 Å². The molecule has 2 heterocycles. The molecule has 152 valence electrons. The Kier molecular flexibility index (Phi) is 5.08. The largest absolute Gasteiger partial charge is 0.465 e. The van der Waals surface area contributed by atoms with Gasteiger partial charge in [-0.05, 0) is 62.6 Å². The zero-order valence-corrected chi connectivity index (χ0v) is 16.9. The number of hydrogen-bond acceptors (Lipinski definition) is 3. The molecular weight excluding hydrogens is 354 g/mol. The number of anilines is 1. The van der Waals surface area contributed by atoms with Crippen molar-refractivity contribution in [1.29, 1.82) is 0 Å². The Bertz CT molecular complexity index is 770. The molecule has 2 N–H and O–H groups in total. The van der Waals surface area contributed by atoms with E-state index in [0.717, 1.165) is 57.3 Å². The highest BCUT2D eigenvalue weighted by Crippen LogP contribution is 2.49. The van der Waals surface area contributed by atoms with Crippen LogP contribution < -0.4 is 5.32 Å². The van der Waals surface area contributed by atoms with E-state index < -0.39 is 6.09 Å². The summed E-state index contributed by atoms with van der Waals surface area (Å²) in [4.78, 5) is 28.6. The highest BCUT2D eigenvalue weighted by atomic mass is 16.4. The molecule has 0 bridgehead atoms. The van der Waals surface area contributed by atoms with Crippen LogP contribution in [0, 0.1) is 6.92 Å². The van der Waals surface area contributed by atoms with E-state index in [1.165, 1.54) is 11.1 Å². The van der Waals surface area contributed by atoms with Crippen LogP contribution in [0.3, 0.4) is 0 Å². The first-order chi connectivity index (χ1) is 13.5. The first-order valence-electron chi connectivity index (χ1n) is 10.6. The van der Waals surface area contributed by atoms with Crippen LogP contribution in [0.15, 0.2) is 18.2 Å². The van der Waals surface area contributed by atoms with Crippen molar-refractivity contribution < 1.29 is 14.7 Å². The topological polar surface area (TPSA) is 72.9 Å². The van der Waals surface area contributed by atoms with Gasteiger partial charge in [0, 0.05) is 37.4 Å². The molecule has 1 aromatic carbocycles. The smallest absolute Gasteiger partial charge is 0.407 e. The average Bonchev–Trinajstić information content (AvgIpc) is 2.83. The van der Waals surface area contributed by atoms with Gasteiger partial charge in [-0.3, -0.25) is 9.69 Å². The van der Waals surface area contributed by atoms with Gasteiger partial charge in [-0.1, -0.05) is 19.1 Å². The maximum absolute atomic E-state index is 12.9. The fraction of sp³-hybridized carbons (Fsp3) is 0.636. The van der Waals surface area contributed by atoms with Crippen molar-refractivity contribution in [1.82, 2.24) is 9.80 Å². The minimum atomic E-state index is -0.800. The molecule has 2 fully saturated rings. The molecule has 0 radical (unpaired) electrons. The molecular formula is C22H31N3O3. The number of benzene rings is 1. The van der Waals surface area contributed by atoms with Gasteiger partial charge < -0.3 is 15.3 Å². The second-order valence-corrected chi connectivity index (χ2v) is 8.65. The lowest BCUT2D eigenvalue weighted by molar-refractivity contribution is -0.122. The van der Waals surface area contributed by atoms with Gasteiger partial charge in [-0.15, -0.1) is 0 Å². The summed E-state index contributed by atoms with van der Waals surface area (Å²) in [6.07, 6.45) is 4.65. The third-order valence-electron chi connectivity index (χ3n) is 7.21. The van der Waals surface area contributed by atoms with Crippen LogP contribution in [0.1, 0.15) is 56.6 Å². The number of nitrogens with one attached hydrogen (secondary N) is 1. The van der Waals surface area contributed by atoms with Crippen LogP contribution in [-0.2, 0) is 10.2 Å². The molecule has 4 rings (SSSR count). The Labute approximate surface area is 166 Å². The second-order valence-electron chi connectivity index (χ2n) is 8.65. The Morgan fingerprint density at radius 1 is 1.29 bits per heavy atom. The SMILES string of the molecule is CCC1CN(C2CCC3(CC2)C(=O)Nc2cccc(C)c23)CCCN1C(=O)O. The lowest BCUT2D eigenvalue weighted by atomic mass is 9.67. The monoisotopic (exact) mass is 385 g/mol. The summed E-state index contributed by atoms with van der Waals surface area (Å²) >= 11 is 0. The van der Waals surface area contributed by atoms with Crippen LogP contribution in [-0.4, -0.2) is 58.6 Å². The van der Waals surface area contributed by atoms with Crippen molar-refractivity contribution in [3.8, 4) is 0 Å². The summed E-state index contributed by atoms with van der Waals surface area (Å²) in [6.45, 7) is 6.55. The lowest BCUT2D eigenvalue weighted by Crippen LogP contribution is -2.49. The molecule has 1 saturated heterocycles. The maximum atomic E-state index is 12.9. The van der Waals surface area contributed by atoms with Gasteiger partial charge in [0.15, 0.2) is 0 Å². The van der Waals surface area contributed by atoms with Gasteiger partial charge in [0.25, 0.3) is 0 Å². The fourth-order valence-electron chi connectivity index (χ4n) is 5.72. The Morgan fingerprint density at radius 3 is 2.71 bits per heavy atom. The Morgan fingerprint density at radius 2 is 2.04 bits per heavy atom. The number of carbonyl (C=O) groups is 2. The zero-order valence-electron chi connectivity index (χ0n) is 16.9. The van der Waals surface area contributed by atoms with E-state index in [9.17, 15) is 14.7 Å². The third kappa shape index (κ3) is 3.08. The molecule has 3 aliphatic rings. The molecule has 6 heteroatoms. The van der Waals surface area contributed by atoms with Crippen molar-refractivity contribution in [2.75, 3.05) is 25.0 Å². The van der Waals surface area contributed by atoms with Gasteiger partial charge in [0.2, 0.25) is 5.91 Å². The number of aryl methyl sites for hydroxylation is 1. The number of rotatable bonds is 2. The Hall–Kier alpha value is -2.08. The number of hydrogen-bond donors (Lipinski definition) is 2. The van der Waals surface area contributed by atoms with E-state index >= 15 is 0 Å². The fourth-order valence-corrected chi connectivity index (χ4v) is 5.72. The predicted octanol–water partition coefficient (Wildman–Crippen LogP) is 3.59. The van der Waals surface area contributed by atoms with E-state index in [-0.39, 0.29) is 17.4 Å². The molecule has 1 atom stereocenters. The molecule has 6 nitrogen and oxygen atoms in total. The second kappa shape index (κ2) is 7.39. The zero-order chi connectivity index (χ0) is 19.9. The molecule has 0 aromatic heterocycles. The highest BCUT2D eigenvalue weighted by Gasteiger charge is 2.50. The van der Waals surface area contributed by atoms with Gasteiger partial charge in [0.05, 0.1) is 5.41 Å². The van der Waals surface area contributed by atoms with Crippen LogP contribution in [0.25, 0.3) is 0 Å². The summed E-state index contributed by atoms with van der Waals surface area (Å²) in [6, 6.07) is 6.63. The molecule has 28 heavy (non-hydrogen) atoms. The van der Waals surface area contributed by atoms with Crippen molar-refractivity contribution in [3.05, 3.63) is 29.3 Å². The summed E-state index contributed by atoms with van der Waals surface area (Å²) in [5.74, 6) is 0.162. The molecule has 1 aromatic rings. The summed E-state index contributed by atoms with van der Waals surface area (Å²) in [5, 5.41) is 12.6. The van der Waals surface area contributed by atoms with E-state index in [1.54, 1.807) is 4.90 Å². The van der Waals surface area contributed by atoms with Crippen molar-refractivity contribution in [3.63, 3.8) is 0 Å². The van der Waals surface area contributed by atoms with E-state index in [1.807, 2.05) is 12.1 Å². The van der Waals surface area contributed by atoms with Crippen molar-refractivity contribution in [2.24, 2.45) is 0 Å². The van der Waals surface area contributed by atoms with Crippen LogP contribution >= 0.6 is 0 Å². The molecule has 1 unspecified atom stereocenters. The standard InChI is InChI=1S/C22H31N3O3/c1-3-16-14-24(12-5-13-25(16)21(27)28)17-8-10-22(11-9-17)19-15(2)6-4-7-18(19)23-20(22)26/h4,6-7,16-17H,3,5,8-14H2,1-2H3,(H,23,26)(H,27,28). The minimum absolute atomic E-state index is 0.0636. The number of nitrogens with zero attached hydrogens (tertiary/aromatic N) is 2. The Balaban J connectivity index is 1.49. The number of amides is 2. The molecule has 1 spiro atoms. The number of carboxylic acid groups (broad SMARTS) is 1. The van der Waals surface area contributed by atoms with Crippen LogP contribution in [0.5, 0.6) is 0 Å². The van der Waals surface area contributed by atoms with Crippen LogP contribution in [0.4, 0.5) is 10.5 Å². The van der Waals surface area contributed by atoms with Crippen molar-refractivity contribution in [2.45, 2.75) is 69.9 Å². The molecule has 2 aliphatic heterocycles. The minimum Gasteiger partial charge on any atom is -0.465 e. The summed E-state index contributed by atoms with van der Waals surface area (Å²) in [5.41, 5.74) is 3.02. The van der Waals surface area contributed by atoms with Gasteiger partial charge in [0.1, 0.15) is 0 Å². The maximum Gasteiger partial charge on any atom is 0.407 e. The lowest BCUT2D eigenvalue weighted by Gasteiger charge is -2.41. The van der Waals surface area contributed by atoms with E-state index in [0.29, 0.717) is 12.6 Å². The third-order valence-corrected chi connectivity index (χ3v) is 7.21. The van der Waals surface area contributed by atoms with E-state index in [4.69, 9.17) is 0 Å². The first kappa shape index (κ1) is 19.2. The predicted molar refractivity (Wildman–Crippen MR) is 109 cm³/mol. The van der Waals surface area contributed by atoms with Gasteiger partial charge in [-0.25, -0.2) is 4.79 Å². The van der Waals surface area contributed by atoms with Crippen LogP contribution in [0.2, 0.25) is 0 Å². The van der Waals surface area contributed by atoms with Gasteiger partial charge in [-0.2, -0.15) is 0 Å². The molecule has 1 saturated carbocycles. The number of carbonyl (C=O) groups excluding carboxylic acids is 1. The van der Waals surface area contributed by atoms with E-state index in [2.05, 4.69) is 30.1 Å². The average molecular weight is 386 g/mol. The summed E-state index contributed by atoms with van der Waals surface area (Å²) in [7, 11) is 0. The number of fused-ring (bicyclic) bond motifs is 2. The summed E-state index contributed by atoms with van der Waals surface area (Å²) < 4.78 is 0. The van der Waals surface area contributed by atoms with Gasteiger partial charge >= 0.3 is 6.09 Å². The normalized spacial score (nSPS) is 30.8. The molecule has 1 aliphatic carbocycles. The highest BCUT2D eigenvalue weighted by molar-refractivity contribution is 6.06. The quantitative estimate of drug-likeness (QED) is 0.816. The first-order valence-corrected chi connectivity index (χ1v) is 10.6. The molecule has 2 amide bonds.